The van der Waals surface area contributed by atoms with Crippen molar-refractivity contribution in [1.82, 2.24) is 5.32 Å². The summed E-state index contributed by atoms with van der Waals surface area (Å²) in [6.07, 6.45) is 1.00. The molecule has 1 aliphatic rings. The Labute approximate surface area is 133 Å². The molecule has 5 nitrogen and oxygen atoms in total. The number of benzene rings is 1. The highest BCUT2D eigenvalue weighted by Crippen LogP contribution is 2.38. The average molecular weight is 357 g/mol. The lowest BCUT2D eigenvalue weighted by Crippen LogP contribution is -2.27. The molecule has 1 heterocycles. The Bertz CT molecular complexity index is 508. The molecule has 6 heteroatoms. The molecule has 0 aromatic heterocycles. The first-order chi connectivity index (χ1) is 10.2. The van der Waals surface area contributed by atoms with Crippen molar-refractivity contribution < 1.29 is 14.3 Å². The second-order valence-corrected chi connectivity index (χ2v) is 5.66. The van der Waals surface area contributed by atoms with Gasteiger partial charge in [-0.2, -0.15) is 0 Å². The number of ether oxygens (including phenoxy) is 2. The van der Waals surface area contributed by atoms with Crippen molar-refractivity contribution in [1.29, 1.82) is 0 Å². The number of hydrogen-bond donors (Lipinski definition) is 2. The van der Waals surface area contributed by atoms with E-state index in [1.54, 1.807) is 0 Å². The van der Waals surface area contributed by atoms with E-state index in [2.05, 4.69) is 33.5 Å². The summed E-state index contributed by atoms with van der Waals surface area (Å²) in [5.41, 5.74) is 1.75. The quantitative estimate of drug-likeness (QED) is 0.703. The second-order valence-electron chi connectivity index (χ2n) is 4.81. The van der Waals surface area contributed by atoms with E-state index in [9.17, 15) is 4.79 Å². The number of anilines is 1. The van der Waals surface area contributed by atoms with Crippen LogP contribution in [0.5, 0.6) is 5.75 Å². The summed E-state index contributed by atoms with van der Waals surface area (Å²) in [4.78, 5) is 11.9. The number of halogens is 1. The van der Waals surface area contributed by atoms with Gasteiger partial charge in [0.25, 0.3) is 0 Å². The first-order valence-electron chi connectivity index (χ1n) is 7.25. The van der Waals surface area contributed by atoms with E-state index >= 15 is 0 Å². The molecule has 1 atom stereocenters. The Morgan fingerprint density at radius 1 is 1.29 bits per heavy atom. The normalized spacial score (nSPS) is 16.7. The predicted molar refractivity (Wildman–Crippen MR) is 85.8 cm³/mol. The summed E-state index contributed by atoms with van der Waals surface area (Å²) in [6.45, 7) is 6.58. The number of amides is 1. The number of rotatable bonds is 8. The molecular formula is C15H21BrN2O3. The molecule has 1 aliphatic heterocycles. The summed E-state index contributed by atoms with van der Waals surface area (Å²) < 4.78 is 11.9. The van der Waals surface area contributed by atoms with Crippen molar-refractivity contribution in [2.24, 2.45) is 0 Å². The zero-order valence-corrected chi connectivity index (χ0v) is 14.0. The highest BCUT2D eigenvalue weighted by atomic mass is 79.9. The number of hydrogen-bond acceptors (Lipinski definition) is 4. The average Bonchev–Trinajstić information content (AvgIpc) is 2.75. The summed E-state index contributed by atoms with van der Waals surface area (Å²) in [6, 6.07) is 3.50. The number of nitrogens with one attached hydrogen (secondary N) is 2. The molecule has 0 saturated carbocycles. The van der Waals surface area contributed by atoms with Crippen LogP contribution in [0.2, 0.25) is 0 Å². The molecular weight excluding hydrogens is 336 g/mol. The van der Waals surface area contributed by atoms with Crippen LogP contribution in [0.1, 0.15) is 31.9 Å². The molecule has 1 aromatic carbocycles. The van der Waals surface area contributed by atoms with Crippen LogP contribution in [0.4, 0.5) is 5.69 Å². The molecule has 0 aliphatic carbocycles. The van der Waals surface area contributed by atoms with Gasteiger partial charge >= 0.3 is 0 Å². The molecule has 2 N–H and O–H groups in total. The van der Waals surface area contributed by atoms with Crippen LogP contribution in [0, 0.1) is 0 Å². The molecule has 1 aromatic rings. The predicted octanol–water partition coefficient (Wildman–Crippen LogP) is 2.86. The second kappa shape index (κ2) is 7.77. The molecule has 1 unspecified atom stereocenters. The standard InChI is InChI=1S/C15H21BrN2O3/c1-3-5-20-6-7-21-13-9-12-10(8-11(13)16)14(17-4-2)15(19)18-12/h8-9,14,17H,3-7H2,1-2H3,(H,18,19). The van der Waals surface area contributed by atoms with Crippen LogP contribution in [0.25, 0.3) is 0 Å². The van der Waals surface area contributed by atoms with Crippen LogP contribution in [0.15, 0.2) is 16.6 Å². The van der Waals surface area contributed by atoms with Crippen LogP contribution in [-0.4, -0.2) is 32.3 Å². The minimum Gasteiger partial charge on any atom is -0.490 e. The molecule has 0 bridgehead atoms. The fourth-order valence-corrected chi connectivity index (χ4v) is 2.71. The van der Waals surface area contributed by atoms with Crippen LogP contribution >= 0.6 is 15.9 Å². The lowest BCUT2D eigenvalue weighted by atomic mass is 10.1. The van der Waals surface area contributed by atoms with Gasteiger partial charge in [0.15, 0.2) is 0 Å². The van der Waals surface area contributed by atoms with E-state index in [1.165, 1.54) is 0 Å². The molecule has 0 saturated heterocycles. The van der Waals surface area contributed by atoms with Crippen molar-refractivity contribution in [3.63, 3.8) is 0 Å². The first-order valence-corrected chi connectivity index (χ1v) is 8.04. The van der Waals surface area contributed by atoms with E-state index in [1.807, 2.05) is 19.1 Å². The van der Waals surface area contributed by atoms with Gasteiger partial charge in [-0.1, -0.05) is 13.8 Å². The Balaban J connectivity index is 2.03. The molecule has 0 radical (unpaired) electrons. The van der Waals surface area contributed by atoms with Gasteiger partial charge in [0.05, 0.1) is 11.1 Å². The Morgan fingerprint density at radius 3 is 2.81 bits per heavy atom. The minimum atomic E-state index is -0.289. The highest BCUT2D eigenvalue weighted by Gasteiger charge is 2.30. The third-order valence-electron chi connectivity index (χ3n) is 3.18. The van der Waals surface area contributed by atoms with Gasteiger partial charge < -0.3 is 20.1 Å². The molecule has 21 heavy (non-hydrogen) atoms. The Hall–Kier alpha value is -1.11. The Morgan fingerprint density at radius 2 is 2.10 bits per heavy atom. The topological polar surface area (TPSA) is 59.6 Å². The number of likely N-dealkylation sites (N-methyl/N-ethyl adjacent to an activating group) is 1. The molecule has 1 amide bonds. The largest absolute Gasteiger partial charge is 0.490 e. The summed E-state index contributed by atoms with van der Waals surface area (Å²) in [5.74, 6) is 0.688. The van der Waals surface area contributed by atoms with Gasteiger partial charge in [-0.25, -0.2) is 0 Å². The maximum Gasteiger partial charge on any atom is 0.246 e. The van der Waals surface area contributed by atoms with Crippen LogP contribution in [-0.2, 0) is 9.53 Å². The smallest absolute Gasteiger partial charge is 0.246 e. The van der Waals surface area contributed by atoms with Gasteiger partial charge in [-0.3, -0.25) is 4.79 Å². The zero-order chi connectivity index (χ0) is 15.2. The SMILES string of the molecule is CCCOCCOc1cc2c(cc1Br)C(NCC)C(=O)N2. The van der Waals surface area contributed by atoms with Crippen molar-refractivity contribution in [3.8, 4) is 5.75 Å². The zero-order valence-electron chi connectivity index (χ0n) is 12.4. The summed E-state index contributed by atoms with van der Waals surface area (Å²) in [7, 11) is 0. The van der Waals surface area contributed by atoms with Crippen LogP contribution in [0.3, 0.4) is 0 Å². The van der Waals surface area contributed by atoms with Gasteiger partial charge in [-0.05, 0) is 35.0 Å². The fourth-order valence-electron chi connectivity index (χ4n) is 2.24. The molecule has 116 valence electrons. The van der Waals surface area contributed by atoms with Crippen molar-refractivity contribution in [3.05, 3.63) is 22.2 Å². The van der Waals surface area contributed by atoms with E-state index in [0.717, 1.165) is 35.3 Å². The third-order valence-corrected chi connectivity index (χ3v) is 3.80. The number of carbonyl (C=O) groups excluding carboxylic acids is 1. The van der Waals surface area contributed by atoms with E-state index in [-0.39, 0.29) is 11.9 Å². The lowest BCUT2D eigenvalue weighted by Gasteiger charge is -2.12. The van der Waals surface area contributed by atoms with Gasteiger partial charge in [0.2, 0.25) is 5.91 Å². The third kappa shape index (κ3) is 3.96. The maximum atomic E-state index is 11.9. The van der Waals surface area contributed by atoms with Crippen molar-refractivity contribution in [2.75, 3.05) is 31.7 Å². The Kier molecular flexibility index (Phi) is 6.02. The van der Waals surface area contributed by atoms with E-state index < -0.39 is 0 Å². The fraction of sp³-hybridized carbons (Fsp3) is 0.533. The van der Waals surface area contributed by atoms with E-state index in [4.69, 9.17) is 9.47 Å². The molecule has 0 spiro atoms. The molecule has 0 fully saturated rings. The lowest BCUT2D eigenvalue weighted by molar-refractivity contribution is -0.117. The van der Waals surface area contributed by atoms with Crippen molar-refractivity contribution in [2.45, 2.75) is 26.3 Å². The van der Waals surface area contributed by atoms with Gasteiger partial charge in [0.1, 0.15) is 18.4 Å². The minimum absolute atomic E-state index is 0.0258. The van der Waals surface area contributed by atoms with Crippen molar-refractivity contribution >= 4 is 27.5 Å². The van der Waals surface area contributed by atoms with E-state index in [0.29, 0.717) is 19.0 Å². The van der Waals surface area contributed by atoms with Gasteiger partial charge in [-0.15, -0.1) is 0 Å². The molecule has 2 rings (SSSR count). The first kappa shape index (κ1) is 16.3. The maximum absolute atomic E-state index is 11.9. The van der Waals surface area contributed by atoms with Crippen LogP contribution < -0.4 is 15.4 Å². The monoisotopic (exact) mass is 356 g/mol. The summed E-state index contributed by atoms with van der Waals surface area (Å²) in [5, 5.41) is 6.05. The number of fused-ring (bicyclic) bond motifs is 1. The summed E-state index contributed by atoms with van der Waals surface area (Å²) >= 11 is 3.50. The van der Waals surface area contributed by atoms with Gasteiger partial charge in [0, 0.05) is 23.9 Å². The highest BCUT2D eigenvalue weighted by molar-refractivity contribution is 9.10. The number of carbonyl (C=O) groups is 1.